The van der Waals surface area contributed by atoms with Crippen LogP contribution in [-0.2, 0) is 0 Å². The van der Waals surface area contributed by atoms with Gasteiger partial charge in [-0.25, -0.2) is 4.98 Å². The van der Waals surface area contributed by atoms with Crippen molar-refractivity contribution in [2.24, 2.45) is 0 Å². The predicted octanol–water partition coefficient (Wildman–Crippen LogP) is 5.29. The number of hydrogen-bond donors (Lipinski definition) is 0. The van der Waals surface area contributed by atoms with Gasteiger partial charge in [-0.15, -0.1) is 15.0 Å². The Kier molecular flexibility index (Phi) is 3.43. The highest BCUT2D eigenvalue weighted by Gasteiger charge is 2.12. The van der Waals surface area contributed by atoms with Crippen LogP contribution in [-0.4, -0.2) is 20.0 Å². The second kappa shape index (κ2) is 5.93. The topological polar surface area (TPSA) is 43.6 Å². The summed E-state index contributed by atoms with van der Waals surface area (Å²) in [7, 11) is 0. The van der Waals surface area contributed by atoms with E-state index in [0.717, 1.165) is 33.1 Å². The number of nitrogens with zero attached hydrogens (tertiary/aromatic N) is 4. The van der Waals surface area contributed by atoms with Crippen molar-refractivity contribution < 1.29 is 0 Å². The average molecular weight is 357 g/mol. The van der Waals surface area contributed by atoms with Crippen molar-refractivity contribution in [2.45, 2.75) is 0 Å². The van der Waals surface area contributed by atoms with Gasteiger partial charge in [0.05, 0.1) is 5.52 Å². The third-order valence-corrected chi connectivity index (χ3v) is 4.57. The van der Waals surface area contributed by atoms with Crippen molar-refractivity contribution in [2.75, 3.05) is 0 Å². The Labute approximate surface area is 154 Å². The largest absolute Gasteiger partial charge is 0.227 e. The summed E-state index contributed by atoms with van der Waals surface area (Å²) in [6, 6.07) is 25.7. The molecule has 26 heavy (non-hydrogen) atoms. The molecule has 0 bridgehead atoms. The molecule has 0 N–H and O–H groups in total. The number of fused-ring (bicyclic) bond motifs is 2. The first kappa shape index (κ1) is 15.0. The molecule has 3 aromatic carbocycles. The minimum Gasteiger partial charge on any atom is -0.227 e. The molecule has 0 saturated carbocycles. The monoisotopic (exact) mass is 356 g/mol. The molecule has 0 spiro atoms. The van der Waals surface area contributed by atoms with Gasteiger partial charge >= 0.3 is 0 Å². The van der Waals surface area contributed by atoms with Crippen LogP contribution in [0.25, 0.3) is 38.9 Å². The van der Waals surface area contributed by atoms with Crippen molar-refractivity contribution in [3.8, 4) is 16.9 Å². The van der Waals surface area contributed by atoms with E-state index in [4.69, 9.17) is 16.6 Å². The zero-order valence-corrected chi connectivity index (χ0v) is 14.4. The van der Waals surface area contributed by atoms with Gasteiger partial charge in [0.25, 0.3) is 0 Å². The van der Waals surface area contributed by atoms with Crippen LogP contribution in [0.15, 0.2) is 78.9 Å². The molecular weight excluding hydrogens is 344 g/mol. The van der Waals surface area contributed by atoms with Crippen LogP contribution in [0.5, 0.6) is 0 Å². The highest BCUT2D eigenvalue weighted by Crippen LogP contribution is 2.31. The number of aromatic nitrogens is 4. The smallest absolute Gasteiger partial charge is 0.175 e. The number of benzene rings is 3. The molecule has 0 aliphatic rings. The Bertz CT molecular complexity index is 1210. The third-order valence-electron chi connectivity index (χ3n) is 4.33. The Morgan fingerprint density at radius 1 is 0.692 bits per heavy atom. The average Bonchev–Trinajstić information content (AvgIpc) is 3.12. The van der Waals surface area contributed by atoms with Gasteiger partial charge in [-0.1, -0.05) is 54.1 Å². The van der Waals surface area contributed by atoms with E-state index in [-0.39, 0.29) is 0 Å². The molecule has 0 saturated heterocycles. The van der Waals surface area contributed by atoms with E-state index in [2.05, 4.69) is 22.3 Å². The molecule has 0 unspecified atom stereocenters. The number of pyridine rings is 1. The van der Waals surface area contributed by atoms with E-state index < -0.39 is 0 Å². The maximum Gasteiger partial charge on any atom is 0.175 e. The van der Waals surface area contributed by atoms with E-state index >= 15 is 0 Å². The van der Waals surface area contributed by atoms with Gasteiger partial charge in [0.1, 0.15) is 11.0 Å². The van der Waals surface area contributed by atoms with Crippen molar-refractivity contribution in [3.05, 3.63) is 83.9 Å². The van der Waals surface area contributed by atoms with Crippen molar-refractivity contribution in [3.63, 3.8) is 0 Å². The standard InChI is InChI=1S/C21H13ClN4/c22-15-10-11-18-17(12-15)16(14-6-2-1-3-7-14)13-21(23-18)26-24-19-8-4-5-9-20(19)25-26/h1-13H. The fraction of sp³-hybridized carbons (Fsp3) is 0. The molecule has 5 rings (SSSR count). The van der Waals surface area contributed by atoms with Crippen molar-refractivity contribution >= 4 is 33.5 Å². The fourth-order valence-electron chi connectivity index (χ4n) is 3.11. The minimum absolute atomic E-state index is 0.676. The molecule has 0 atom stereocenters. The lowest BCUT2D eigenvalue weighted by Gasteiger charge is -2.10. The van der Waals surface area contributed by atoms with Gasteiger partial charge in [0.2, 0.25) is 0 Å². The van der Waals surface area contributed by atoms with E-state index in [1.54, 1.807) is 4.80 Å². The van der Waals surface area contributed by atoms with E-state index in [0.29, 0.717) is 10.8 Å². The highest BCUT2D eigenvalue weighted by molar-refractivity contribution is 6.31. The summed E-state index contributed by atoms with van der Waals surface area (Å²) in [5.74, 6) is 0.676. The van der Waals surface area contributed by atoms with Gasteiger partial charge in [-0.2, -0.15) is 0 Å². The molecule has 124 valence electrons. The second-order valence-corrected chi connectivity index (χ2v) is 6.47. The van der Waals surface area contributed by atoms with E-state index in [9.17, 15) is 0 Å². The van der Waals surface area contributed by atoms with Crippen LogP contribution in [0.1, 0.15) is 0 Å². The Morgan fingerprint density at radius 2 is 1.38 bits per heavy atom. The van der Waals surface area contributed by atoms with Crippen molar-refractivity contribution in [1.82, 2.24) is 20.0 Å². The number of hydrogen-bond acceptors (Lipinski definition) is 3. The molecule has 0 fully saturated rings. The summed E-state index contributed by atoms with van der Waals surface area (Å²) in [5.41, 5.74) is 4.68. The molecule has 0 aliphatic carbocycles. The maximum atomic E-state index is 6.23. The first-order valence-electron chi connectivity index (χ1n) is 8.26. The van der Waals surface area contributed by atoms with Crippen LogP contribution in [0.2, 0.25) is 5.02 Å². The summed E-state index contributed by atoms with van der Waals surface area (Å²) in [4.78, 5) is 6.34. The van der Waals surface area contributed by atoms with E-state index in [1.165, 1.54) is 0 Å². The van der Waals surface area contributed by atoms with Gasteiger partial charge in [-0.3, -0.25) is 0 Å². The summed E-state index contributed by atoms with van der Waals surface area (Å²) in [5, 5.41) is 10.8. The third kappa shape index (κ3) is 2.52. The Balaban J connectivity index is 1.80. The summed E-state index contributed by atoms with van der Waals surface area (Å²) in [6.07, 6.45) is 0. The summed E-state index contributed by atoms with van der Waals surface area (Å²) >= 11 is 6.23. The lowest BCUT2D eigenvalue weighted by Crippen LogP contribution is -2.02. The Hall–Kier alpha value is -3.24. The normalized spacial score (nSPS) is 11.3. The molecule has 5 heteroatoms. The summed E-state index contributed by atoms with van der Waals surface area (Å²) in [6.45, 7) is 0. The lowest BCUT2D eigenvalue weighted by molar-refractivity contribution is 0.745. The minimum atomic E-state index is 0.676. The number of halogens is 1. The quantitative estimate of drug-likeness (QED) is 0.431. The fourth-order valence-corrected chi connectivity index (χ4v) is 3.28. The molecule has 2 aromatic heterocycles. The first-order chi connectivity index (χ1) is 12.8. The first-order valence-corrected chi connectivity index (χ1v) is 8.64. The van der Waals surface area contributed by atoms with Crippen LogP contribution in [0.3, 0.4) is 0 Å². The molecule has 0 amide bonds. The zero-order chi connectivity index (χ0) is 17.5. The SMILES string of the molecule is Clc1ccc2nc(-n3nc4ccccc4n3)cc(-c3ccccc3)c2c1. The number of rotatable bonds is 2. The predicted molar refractivity (Wildman–Crippen MR) is 105 cm³/mol. The van der Waals surface area contributed by atoms with Gasteiger partial charge < -0.3 is 0 Å². The van der Waals surface area contributed by atoms with Crippen LogP contribution >= 0.6 is 11.6 Å². The molecule has 5 aromatic rings. The van der Waals surface area contributed by atoms with Crippen molar-refractivity contribution in [1.29, 1.82) is 0 Å². The Morgan fingerprint density at radius 3 is 2.12 bits per heavy atom. The molecule has 4 nitrogen and oxygen atoms in total. The van der Waals surface area contributed by atoms with Gasteiger partial charge in [0, 0.05) is 10.4 Å². The zero-order valence-electron chi connectivity index (χ0n) is 13.7. The summed E-state index contributed by atoms with van der Waals surface area (Å²) < 4.78 is 0. The van der Waals surface area contributed by atoms with Gasteiger partial charge in [-0.05, 0) is 47.5 Å². The molecular formula is C21H13ClN4. The molecule has 0 aliphatic heterocycles. The lowest BCUT2D eigenvalue weighted by atomic mass is 10.0. The van der Waals surface area contributed by atoms with Gasteiger partial charge in [0.15, 0.2) is 5.82 Å². The molecule has 0 radical (unpaired) electrons. The van der Waals surface area contributed by atoms with Crippen LogP contribution < -0.4 is 0 Å². The van der Waals surface area contributed by atoms with Crippen LogP contribution in [0, 0.1) is 0 Å². The second-order valence-electron chi connectivity index (χ2n) is 6.03. The van der Waals surface area contributed by atoms with Crippen LogP contribution in [0.4, 0.5) is 0 Å². The maximum absolute atomic E-state index is 6.23. The highest BCUT2D eigenvalue weighted by atomic mass is 35.5. The molecule has 2 heterocycles. The van der Waals surface area contributed by atoms with E-state index in [1.807, 2.05) is 66.7 Å².